The quantitative estimate of drug-likeness (QED) is 0.356. The number of aryl methyl sites for hydroxylation is 1. The third-order valence-corrected chi connectivity index (χ3v) is 4.44. The number of aromatic nitrogens is 1. The van der Waals surface area contributed by atoms with Crippen LogP contribution in [0.3, 0.4) is 0 Å². The number of Topliss-reactive ketones (excluding diaryl/α,β-unsaturated/α-hetero) is 1. The number of fused-ring (bicyclic) bond motifs is 1. The highest BCUT2D eigenvalue weighted by molar-refractivity contribution is 6.06. The molecule has 0 unspecified atom stereocenters. The topological polar surface area (TPSA) is 69.4 Å². The fourth-order valence-corrected chi connectivity index (χ4v) is 3.02. The van der Waals surface area contributed by atoms with Crippen LogP contribution in [0.4, 0.5) is 4.39 Å². The molecule has 0 aliphatic carbocycles. The minimum absolute atomic E-state index is 0.119. The van der Waals surface area contributed by atoms with Gasteiger partial charge in [-0.3, -0.25) is 4.79 Å². The third-order valence-electron chi connectivity index (χ3n) is 4.44. The highest BCUT2D eigenvalue weighted by Gasteiger charge is 2.19. The Labute approximate surface area is 165 Å². The minimum atomic E-state index is -0.696. The summed E-state index contributed by atoms with van der Waals surface area (Å²) in [5, 5.41) is 0.586. The normalized spacial score (nSPS) is 10.8. The molecule has 0 saturated heterocycles. The van der Waals surface area contributed by atoms with Gasteiger partial charge in [0.1, 0.15) is 17.3 Å². The van der Waals surface area contributed by atoms with E-state index in [0.29, 0.717) is 22.4 Å². The van der Waals surface area contributed by atoms with Gasteiger partial charge in [0.2, 0.25) is 5.78 Å². The van der Waals surface area contributed by atoms with Gasteiger partial charge in [0.15, 0.2) is 12.4 Å². The highest BCUT2D eigenvalue weighted by atomic mass is 19.1. The summed E-state index contributed by atoms with van der Waals surface area (Å²) < 4.78 is 24.6. The smallest absolute Gasteiger partial charge is 0.339 e. The van der Waals surface area contributed by atoms with Gasteiger partial charge in [-0.1, -0.05) is 30.3 Å². The number of carbonyl (C=O) groups excluding carboxylic acids is 2. The Morgan fingerprint density at radius 3 is 2.52 bits per heavy atom. The van der Waals surface area contributed by atoms with E-state index >= 15 is 0 Å². The first-order valence-electron chi connectivity index (χ1n) is 8.94. The number of para-hydroxylation sites is 1. The molecule has 0 fully saturated rings. The van der Waals surface area contributed by atoms with E-state index in [9.17, 15) is 14.0 Å². The second kappa shape index (κ2) is 7.67. The van der Waals surface area contributed by atoms with Crippen molar-refractivity contribution in [1.82, 2.24) is 4.98 Å². The second-order valence-corrected chi connectivity index (χ2v) is 6.46. The number of ketones is 1. The Kier molecular flexibility index (Phi) is 4.91. The van der Waals surface area contributed by atoms with Crippen LogP contribution in [0.5, 0.6) is 0 Å². The lowest BCUT2D eigenvalue weighted by molar-refractivity contribution is 0.0475. The number of furan rings is 1. The molecule has 144 valence electrons. The molecule has 0 aliphatic rings. The Morgan fingerprint density at radius 2 is 1.76 bits per heavy atom. The molecule has 0 N–H and O–H groups in total. The molecule has 0 amide bonds. The zero-order valence-electron chi connectivity index (χ0n) is 15.5. The summed E-state index contributed by atoms with van der Waals surface area (Å²) in [6.45, 7) is 1.25. The van der Waals surface area contributed by atoms with Crippen molar-refractivity contribution >= 4 is 22.7 Å². The third kappa shape index (κ3) is 3.78. The molecule has 0 spiro atoms. The Balaban J connectivity index is 1.64. The molecule has 5 nitrogen and oxygen atoms in total. The zero-order valence-corrected chi connectivity index (χ0v) is 15.5. The van der Waals surface area contributed by atoms with Crippen molar-refractivity contribution < 1.29 is 23.1 Å². The van der Waals surface area contributed by atoms with Crippen molar-refractivity contribution in [1.29, 1.82) is 0 Å². The van der Waals surface area contributed by atoms with Gasteiger partial charge in [-0.25, -0.2) is 14.2 Å². The van der Waals surface area contributed by atoms with Crippen molar-refractivity contribution in [2.24, 2.45) is 0 Å². The predicted octanol–water partition coefficient (Wildman–Crippen LogP) is 4.98. The van der Waals surface area contributed by atoms with Gasteiger partial charge in [-0.05, 0) is 43.3 Å². The molecule has 29 heavy (non-hydrogen) atoms. The van der Waals surface area contributed by atoms with Crippen molar-refractivity contribution in [3.63, 3.8) is 0 Å². The van der Waals surface area contributed by atoms with Gasteiger partial charge in [0, 0.05) is 5.39 Å². The summed E-state index contributed by atoms with van der Waals surface area (Å²) in [5.74, 6) is -0.729. The van der Waals surface area contributed by atoms with Crippen LogP contribution in [0, 0.1) is 12.7 Å². The van der Waals surface area contributed by atoms with Gasteiger partial charge in [0.05, 0.1) is 16.6 Å². The first-order valence-corrected chi connectivity index (χ1v) is 8.94. The van der Waals surface area contributed by atoms with Crippen LogP contribution >= 0.6 is 0 Å². The lowest BCUT2D eigenvalue weighted by Crippen LogP contribution is -2.16. The molecule has 0 atom stereocenters. The van der Waals surface area contributed by atoms with Gasteiger partial charge in [-0.15, -0.1) is 0 Å². The van der Waals surface area contributed by atoms with Crippen LogP contribution in [0.2, 0.25) is 0 Å². The molecule has 2 heterocycles. The van der Waals surface area contributed by atoms with E-state index in [-0.39, 0.29) is 11.1 Å². The number of carbonyl (C=O) groups is 2. The molecule has 2 aromatic heterocycles. The standard InChI is InChI=1S/C23H16FNO4/c1-14-10-11-22(29-14)20-12-17(15-6-3-5-9-19(15)25-20)23(27)28-13-21(26)16-7-2-4-8-18(16)24/h2-12H,13H2,1H3. The Hall–Kier alpha value is -3.80. The lowest BCUT2D eigenvalue weighted by Gasteiger charge is -2.09. The fourth-order valence-electron chi connectivity index (χ4n) is 3.02. The van der Waals surface area contributed by atoms with Crippen molar-refractivity contribution in [3.05, 3.63) is 89.4 Å². The van der Waals surface area contributed by atoms with Gasteiger partial charge >= 0.3 is 5.97 Å². The first-order chi connectivity index (χ1) is 14.0. The van der Waals surface area contributed by atoms with E-state index < -0.39 is 24.2 Å². The van der Waals surface area contributed by atoms with E-state index in [1.165, 1.54) is 18.2 Å². The van der Waals surface area contributed by atoms with Crippen LogP contribution in [0.25, 0.3) is 22.4 Å². The molecule has 4 rings (SSSR count). The average Bonchev–Trinajstić information content (AvgIpc) is 3.17. The monoisotopic (exact) mass is 389 g/mol. The highest BCUT2D eigenvalue weighted by Crippen LogP contribution is 2.26. The van der Waals surface area contributed by atoms with Crippen LogP contribution in [0.1, 0.15) is 26.5 Å². The molecule has 0 bridgehead atoms. The number of pyridine rings is 1. The molecule has 0 saturated carbocycles. The lowest BCUT2D eigenvalue weighted by atomic mass is 10.1. The zero-order chi connectivity index (χ0) is 20.4. The fraction of sp³-hybridized carbons (Fsp3) is 0.0870. The molecular formula is C23H16FNO4. The molecule has 0 aliphatic heterocycles. The number of ether oxygens (including phenoxy) is 1. The number of hydrogen-bond donors (Lipinski definition) is 0. The number of hydrogen-bond acceptors (Lipinski definition) is 5. The molecule has 0 radical (unpaired) electrons. The number of benzene rings is 2. The maximum Gasteiger partial charge on any atom is 0.339 e. The number of rotatable bonds is 5. The molecule has 4 aromatic rings. The Morgan fingerprint density at radius 1 is 1.00 bits per heavy atom. The van der Waals surface area contributed by atoms with E-state index in [1.54, 1.807) is 42.5 Å². The van der Waals surface area contributed by atoms with E-state index in [0.717, 1.165) is 5.76 Å². The minimum Gasteiger partial charge on any atom is -0.460 e. The molecule has 2 aromatic carbocycles. The van der Waals surface area contributed by atoms with E-state index in [1.807, 2.05) is 13.0 Å². The predicted molar refractivity (Wildman–Crippen MR) is 105 cm³/mol. The largest absolute Gasteiger partial charge is 0.460 e. The molecule has 6 heteroatoms. The van der Waals surface area contributed by atoms with E-state index in [4.69, 9.17) is 9.15 Å². The van der Waals surface area contributed by atoms with Crippen LogP contribution in [-0.2, 0) is 4.74 Å². The first kappa shape index (κ1) is 18.6. The maximum atomic E-state index is 13.8. The summed E-state index contributed by atoms with van der Waals surface area (Å²) in [7, 11) is 0. The summed E-state index contributed by atoms with van der Waals surface area (Å²) >= 11 is 0. The number of halogens is 1. The molecular weight excluding hydrogens is 373 g/mol. The van der Waals surface area contributed by atoms with Gasteiger partial charge in [0.25, 0.3) is 0 Å². The van der Waals surface area contributed by atoms with Gasteiger partial charge in [-0.2, -0.15) is 0 Å². The van der Waals surface area contributed by atoms with Crippen LogP contribution < -0.4 is 0 Å². The van der Waals surface area contributed by atoms with Crippen LogP contribution in [0.15, 0.2) is 71.1 Å². The van der Waals surface area contributed by atoms with Crippen molar-refractivity contribution in [2.45, 2.75) is 6.92 Å². The summed E-state index contributed by atoms with van der Waals surface area (Å²) in [6.07, 6.45) is 0. The number of nitrogens with zero attached hydrogens (tertiary/aromatic N) is 1. The summed E-state index contributed by atoms with van der Waals surface area (Å²) in [5.41, 5.74) is 1.20. The van der Waals surface area contributed by atoms with Gasteiger partial charge < -0.3 is 9.15 Å². The summed E-state index contributed by atoms with van der Waals surface area (Å²) in [6, 6.07) is 17.8. The van der Waals surface area contributed by atoms with Crippen molar-refractivity contribution in [2.75, 3.05) is 6.61 Å². The second-order valence-electron chi connectivity index (χ2n) is 6.46. The number of esters is 1. The SMILES string of the molecule is Cc1ccc(-c2cc(C(=O)OCC(=O)c3ccccc3F)c3ccccc3n2)o1. The maximum absolute atomic E-state index is 13.8. The summed E-state index contributed by atoms with van der Waals surface area (Å²) in [4.78, 5) is 29.5. The average molecular weight is 389 g/mol. The van der Waals surface area contributed by atoms with E-state index in [2.05, 4.69) is 4.98 Å². The van der Waals surface area contributed by atoms with Crippen molar-refractivity contribution in [3.8, 4) is 11.5 Å². The van der Waals surface area contributed by atoms with Crippen LogP contribution in [-0.4, -0.2) is 23.3 Å². The Bertz CT molecular complexity index is 1230.